The molecule has 0 amide bonds. The summed E-state index contributed by atoms with van der Waals surface area (Å²) in [7, 11) is 0. The largest absolute Gasteiger partial charge is 0.403 e. The summed E-state index contributed by atoms with van der Waals surface area (Å²) in [5.74, 6) is 0. The first-order chi connectivity index (χ1) is 4.27. The number of unbranched alkanes of at least 4 members (excludes halogenated alkanes) is 1. The maximum Gasteiger partial charge on any atom is 0.000844 e. The minimum Gasteiger partial charge on any atom is -0.403 e. The molecule has 9 heavy (non-hydrogen) atoms. The molecule has 0 aromatic heterocycles. The van der Waals surface area contributed by atoms with Crippen LogP contribution in [0.4, 0.5) is 0 Å². The van der Waals surface area contributed by atoms with Crippen LogP contribution in [0.3, 0.4) is 0 Å². The zero-order chi connectivity index (χ0) is 7.11. The van der Waals surface area contributed by atoms with Gasteiger partial charge in [0.05, 0.1) is 0 Å². The third-order valence-electron chi connectivity index (χ3n) is 1.04. The monoisotopic (exact) mass is 125 g/mol. The second-order valence-corrected chi connectivity index (χ2v) is 2.09. The number of hydrogen-bond donors (Lipinski definition) is 1. The van der Waals surface area contributed by atoms with Crippen molar-refractivity contribution in [1.82, 2.24) is 0 Å². The molecule has 0 radical (unpaired) electrons. The van der Waals surface area contributed by atoms with Gasteiger partial charge >= 0.3 is 0 Å². The van der Waals surface area contributed by atoms with Crippen molar-refractivity contribution in [3.05, 3.63) is 23.9 Å². The number of allylic oxidation sites excluding steroid dienone is 4. The second-order valence-electron chi connectivity index (χ2n) is 2.09. The summed E-state index contributed by atoms with van der Waals surface area (Å²) >= 11 is 0. The molecule has 0 rings (SSSR count). The minimum absolute atomic E-state index is 0.916. The normalized spacial score (nSPS) is 12.9. The Labute approximate surface area is 57.3 Å². The van der Waals surface area contributed by atoms with Gasteiger partial charge in [0, 0.05) is 5.70 Å². The second kappa shape index (κ2) is 5.42. The summed E-state index contributed by atoms with van der Waals surface area (Å²) in [4.78, 5) is 0. The van der Waals surface area contributed by atoms with Crippen molar-refractivity contribution in [2.75, 3.05) is 0 Å². The van der Waals surface area contributed by atoms with E-state index in [1.807, 2.05) is 19.9 Å². The standard InChI is InChI=1S/C8H15N/c1-3-4-5-6-7-8(2)9/h3-4,7H,5-6,9H2,1-2H3/b4-3-,8-7+. The summed E-state index contributed by atoms with van der Waals surface area (Å²) in [6.07, 6.45) is 8.40. The first-order valence-corrected chi connectivity index (χ1v) is 3.30. The van der Waals surface area contributed by atoms with Gasteiger partial charge in [0.15, 0.2) is 0 Å². The minimum atomic E-state index is 0.916. The first-order valence-electron chi connectivity index (χ1n) is 3.30. The molecular weight excluding hydrogens is 110 g/mol. The molecular formula is C8H15N. The summed E-state index contributed by atoms with van der Waals surface area (Å²) in [6, 6.07) is 0. The Morgan fingerprint density at radius 2 is 2.11 bits per heavy atom. The van der Waals surface area contributed by atoms with Gasteiger partial charge in [-0.05, 0) is 26.7 Å². The van der Waals surface area contributed by atoms with Crippen molar-refractivity contribution >= 4 is 0 Å². The van der Waals surface area contributed by atoms with Gasteiger partial charge in [-0.2, -0.15) is 0 Å². The van der Waals surface area contributed by atoms with Crippen molar-refractivity contribution in [1.29, 1.82) is 0 Å². The smallest absolute Gasteiger partial charge is 0.000844 e. The predicted octanol–water partition coefficient (Wildman–Crippen LogP) is 2.21. The van der Waals surface area contributed by atoms with Crippen LogP contribution in [0.1, 0.15) is 26.7 Å². The Morgan fingerprint density at radius 1 is 1.44 bits per heavy atom. The van der Waals surface area contributed by atoms with Crippen LogP contribution in [-0.4, -0.2) is 0 Å². The van der Waals surface area contributed by atoms with Gasteiger partial charge in [0.1, 0.15) is 0 Å². The van der Waals surface area contributed by atoms with Crippen molar-refractivity contribution in [3.8, 4) is 0 Å². The highest BCUT2D eigenvalue weighted by molar-refractivity contribution is 4.93. The average molecular weight is 125 g/mol. The number of rotatable bonds is 3. The van der Waals surface area contributed by atoms with Crippen molar-refractivity contribution < 1.29 is 0 Å². The van der Waals surface area contributed by atoms with E-state index in [-0.39, 0.29) is 0 Å². The number of hydrogen-bond acceptors (Lipinski definition) is 1. The maximum atomic E-state index is 5.41. The van der Waals surface area contributed by atoms with Crippen molar-refractivity contribution in [3.63, 3.8) is 0 Å². The van der Waals surface area contributed by atoms with E-state index in [0.29, 0.717) is 0 Å². The van der Waals surface area contributed by atoms with E-state index in [2.05, 4.69) is 12.2 Å². The molecule has 0 atom stereocenters. The molecule has 0 aliphatic heterocycles. The lowest BCUT2D eigenvalue weighted by Crippen LogP contribution is -1.88. The maximum absolute atomic E-state index is 5.41. The van der Waals surface area contributed by atoms with Gasteiger partial charge in [-0.3, -0.25) is 0 Å². The molecule has 0 fully saturated rings. The predicted molar refractivity (Wildman–Crippen MR) is 42.0 cm³/mol. The summed E-state index contributed by atoms with van der Waals surface area (Å²) in [6.45, 7) is 3.94. The van der Waals surface area contributed by atoms with Crippen LogP contribution in [0.2, 0.25) is 0 Å². The van der Waals surface area contributed by atoms with E-state index in [9.17, 15) is 0 Å². The molecule has 0 heterocycles. The fourth-order valence-corrected chi connectivity index (χ4v) is 0.574. The van der Waals surface area contributed by atoms with Crippen LogP contribution in [-0.2, 0) is 0 Å². The topological polar surface area (TPSA) is 26.0 Å². The van der Waals surface area contributed by atoms with Crippen LogP contribution in [0.15, 0.2) is 23.9 Å². The third kappa shape index (κ3) is 7.28. The molecule has 0 aromatic carbocycles. The zero-order valence-electron chi connectivity index (χ0n) is 6.22. The molecule has 0 spiro atoms. The highest BCUT2D eigenvalue weighted by Crippen LogP contribution is 1.93. The van der Waals surface area contributed by atoms with Gasteiger partial charge in [-0.25, -0.2) is 0 Å². The fourth-order valence-electron chi connectivity index (χ4n) is 0.574. The Kier molecular flexibility index (Phi) is 4.98. The molecule has 0 saturated carbocycles. The van der Waals surface area contributed by atoms with Crippen molar-refractivity contribution in [2.45, 2.75) is 26.7 Å². The summed E-state index contributed by atoms with van der Waals surface area (Å²) < 4.78 is 0. The third-order valence-corrected chi connectivity index (χ3v) is 1.04. The molecule has 0 unspecified atom stereocenters. The summed E-state index contributed by atoms with van der Waals surface area (Å²) in [5, 5.41) is 0. The molecule has 1 heteroatoms. The lowest BCUT2D eigenvalue weighted by molar-refractivity contribution is 1.03. The Morgan fingerprint density at radius 3 is 2.56 bits per heavy atom. The van der Waals surface area contributed by atoms with Crippen LogP contribution < -0.4 is 5.73 Å². The Balaban J connectivity index is 3.20. The van der Waals surface area contributed by atoms with Crippen LogP contribution in [0, 0.1) is 0 Å². The van der Waals surface area contributed by atoms with Crippen molar-refractivity contribution in [2.24, 2.45) is 5.73 Å². The quantitative estimate of drug-likeness (QED) is 0.454. The molecule has 2 N–H and O–H groups in total. The van der Waals surface area contributed by atoms with E-state index in [1.165, 1.54) is 0 Å². The molecule has 0 bridgehead atoms. The van der Waals surface area contributed by atoms with Crippen LogP contribution >= 0.6 is 0 Å². The average Bonchev–Trinajstić information content (AvgIpc) is 1.80. The van der Waals surface area contributed by atoms with E-state index in [1.54, 1.807) is 0 Å². The van der Waals surface area contributed by atoms with Gasteiger partial charge in [0.25, 0.3) is 0 Å². The van der Waals surface area contributed by atoms with Gasteiger partial charge in [0.2, 0.25) is 0 Å². The Hall–Kier alpha value is -0.720. The zero-order valence-corrected chi connectivity index (χ0v) is 6.22. The lowest BCUT2D eigenvalue weighted by atomic mass is 10.2. The lowest BCUT2D eigenvalue weighted by Gasteiger charge is -1.87. The van der Waals surface area contributed by atoms with Gasteiger partial charge < -0.3 is 5.73 Å². The summed E-state index contributed by atoms with van der Waals surface area (Å²) in [5.41, 5.74) is 6.33. The van der Waals surface area contributed by atoms with Crippen LogP contribution in [0.25, 0.3) is 0 Å². The highest BCUT2D eigenvalue weighted by Gasteiger charge is 1.76. The SMILES string of the molecule is C/C=C\CC/C=C(\C)N. The Bertz CT molecular complexity index is 108. The molecule has 0 aliphatic rings. The molecule has 1 nitrogen and oxygen atoms in total. The van der Waals surface area contributed by atoms with Gasteiger partial charge in [-0.15, -0.1) is 0 Å². The van der Waals surface area contributed by atoms with E-state index >= 15 is 0 Å². The molecule has 0 aromatic rings. The molecule has 0 aliphatic carbocycles. The fraction of sp³-hybridized carbons (Fsp3) is 0.500. The van der Waals surface area contributed by atoms with Gasteiger partial charge in [-0.1, -0.05) is 18.2 Å². The van der Waals surface area contributed by atoms with E-state index in [4.69, 9.17) is 5.73 Å². The van der Waals surface area contributed by atoms with E-state index < -0.39 is 0 Å². The first kappa shape index (κ1) is 8.28. The van der Waals surface area contributed by atoms with E-state index in [0.717, 1.165) is 18.5 Å². The van der Waals surface area contributed by atoms with Crippen LogP contribution in [0.5, 0.6) is 0 Å². The molecule has 0 saturated heterocycles. The molecule has 52 valence electrons. The highest BCUT2D eigenvalue weighted by atomic mass is 14.5. The number of nitrogens with two attached hydrogens (primary N) is 1.